The van der Waals surface area contributed by atoms with Gasteiger partial charge in [0.15, 0.2) is 0 Å². The highest BCUT2D eigenvalue weighted by Gasteiger charge is 2.45. The summed E-state index contributed by atoms with van der Waals surface area (Å²) in [6, 6.07) is 0. The average Bonchev–Trinajstić information content (AvgIpc) is 2.14. The molecule has 0 atom stereocenters. The van der Waals surface area contributed by atoms with Crippen molar-refractivity contribution in [2.24, 2.45) is 16.7 Å². The van der Waals surface area contributed by atoms with E-state index in [2.05, 4.69) is 25.5 Å². The van der Waals surface area contributed by atoms with Crippen molar-refractivity contribution < 1.29 is 14.3 Å². The lowest BCUT2D eigenvalue weighted by Crippen LogP contribution is -2.40. The van der Waals surface area contributed by atoms with Gasteiger partial charge in [-0.05, 0) is 42.4 Å². The number of carbonyl (C=O) groups excluding carboxylic acids is 2. The molecule has 0 aromatic carbocycles. The van der Waals surface area contributed by atoms with Crippen LogP contribution >= 0.6 is 0 Å². The zero-order valence-corrected chi connectivity index (χ0v) is 11.0. The van der Waals surface area contributed by atoms with Crippen molar-refractivity contribution in [3.8, 4) is 0 Å². The van der Waals surface area contributed by atoms with Gasteiger partial charge in [-0.25, -0.2) is 0 Å². The number of hydrogen-bond donors (Lipinski definition) is 0. The number of rotatable bonds is 0. The van der Waals surface area contributed by atoms with Crippen LogP contribution in [-0.2, 0) is 14.3 Å². The number of ether oxygens (including phenoxy) is 1. The van der Waals surface area contributed by atoms with E-state index >= 15 is 0 Å². The molecule has 0 aromatic rings. The predicted octanol–water partition coefficient (Wildman–Crippen LogP) is 3.07. The van der Waals surface area contributed by atoms with Crippen LogP contribution in [0.1, 0.15) is 59.3 Å². The first kappa shape index (κ1) is 12.6. The lowest BCUT2D eigenvalue weighted by Gasteiger charge is -2.44. The minimum atomic E-state index is -0.324. The van der Waals surface area contributed by atoms with Gasteiger partial charge in [-0.2, -0.15) is 0 Å². The summed E-state index contributed by atoms with van der Waals surface area (Å²) in [6.45, 7) is 6.82. The van der Waals surface area contributed by atoms with Crippen LogP contribution in [0.15, 0.2) is 0 Å². The minimum Gasteiger partial charge on any atom is -0.393 e. The van der Waals surface area contributed by atoms with E-state index in [1.165, 1.54) is 0 Å². The Labute approximate surface area is 103 Å². The highest BCUT2D eigenvalue weighted by Crippen LogP contribution is 2.50. The van der Waals surface area contributed by atoms with Crippen LogP contribution in [0.4, 0.5) is 0 Å². The maximum atomic E-state index is 11.4. The molecule has 1 aliphatic carbocycles. The van der Waals surface area contributed by atoms with Crippen LogP contribution in [0.5, 0.6) is 0 Å². The fourth-order valence-electron chi connectivity index (χ4n) is 3.32. The third-order valence-electron chi connectivity index (χ3n) is 4.54. The first-order chi connectivity index (χ1) is 7.81. The molecule has 1 aliphatic heterocycles. The van der Waals surface area contributed by atoms with Crippen LogP contribution < -0.4 is 0 Å². The first-order valence-electron chi connectivity index (χ1n) is 6.54. The molecule has 3 heteroatoms. The van der Waals surface area contributed by atoms with Gasteiger partial charge >= 0.3 is 11.9 Å². The second-order valence-corrected chi connectivity index (χ2v) is 6.84. The Hall–Kier alpha value is -0.860. The van der Waals surface area contributed by atoms with Gasteiger partial charge in [-0.3, -0.25) is 9.59 Å². The average molecular weight is 238 g/mol. The van der Waals surface area contributed by atoms with Crippen LogP contribution in [0.3, 0.4) is 0 Å². The molecular formula is C14H22O3. The molecule has 2 aliphatic rings. The van der Waals surface area contributed by atoms with Crippen LogP contribution in [0.2, 0.25) is 0 Å². The summed E-state index contributed by atoms with van der Waals surface area (Å²) < 4.78 is 4.63. The first-order valence-corrected chi connectivity index (χ1v) is 6.54. The zero-order chi connectivity index (χ0) is 12.7. The molecule has 96 valence electrons. The van der Waals surface area contributed by atoms with Gasteiger partial charge in [0.2, 0.25) is 0 Å². The minimum absolute atomic E-state index is 0.0752. The van der Waals surface area contributed by atoms with E-state index in [1.807, 2.05) is 0 Å². The second kappa shape index (κ2) is 4.11. The summed E-state index contributed by atoms with van der Waals surface area (Å²) in [5, 5.41) is 0. The lowest BCUT2D eigenvalue weighted by molar-refractivity contribution is -0.171. The molecule has 17 heavy (non-hydrogen) atoms. The Morgan fingerprint density at radius 1 is 1.06 bits per heavy atom. The van der Waals surface area contributed by atoms with Crippen LogP contribution in [0, 0.1) is 16.7 Å². The normalized spacial score (nSPS) is 26.1. The molecule has 0 aromatic heterocycles. The van der Waals surface area contributed by atoms with Crippen LogP contribution in [-0.4, -0.2) is 11.9 Å². The Bertz CT molecular complexity index is 312. The van der Waals surface area contributed by atoms with E-state index in [0.29, 0.717) is 24.2 Å². The van der Waals surface area contributed by atoms with E-state index in [-0.39, 0.29) is 17.4 Å². The van der Waals surface area contributed by atoms with Gasteiger partial charge in [0.05, 0.1) is 12.8 Å². The molecule has 3 nitrogen and oxygen atoms in total. The fourth-order valence-corrected chi connectivity index (χ4v) is 3.32. The lowest BCUT2D eigenvalue weighted by atomic mass is 9.61. The molecular weight excluding hydrogens is 216 g/mol. The molecule has 1 saturated heterocycles. The van der Waals surface area contributed by atoms with Gasteiger partial charge in [0.25, 0.3) is 0 Å². The Kier molecular flexibility index (Phi) is 3.04. The molecule has 1 spiro atoms. The van der Waals surface area contributed by atoms with E-state index in [1.54, 1.807) is 0 Å². The molecule has 2 rings (SSSR count). The van der Waals surface area contributed by atoms with Crippen molar-refractivity contribution in [1.82, 2.24) is 0 Å². The van der Waals surface area contributed by atoms with Crippen molar-refractivity contribution in [2.45, 2.75) is 59.3 Å². The Morgan fingerprint density at radius 2 is 1.53 bits per heavy atom. The topological polar surface area (TPSA) is 43.4 Å². The fraction of sp³-hybridized carbons (Fsp3) is 0.857. The summed E-state index contributed by atoms with van der Waals surface area (Å²) in [5.74, 6) is 0.0621. The summed E-state index contributed by atoms with van der Waals surface area (Å²) in [6.07, 6.45) is 5.13. The van der Waals surface area contributed by atoms with Crippen molar-refractivity contribution >= 4 is 11.9 Å². The van der Waals surface area contributed by atoms with E-state index < -0.39 is 0 Å². The van der Waals surface area contributed by atoms with Gasteiger partial charge in [0, 0.05) is 0 Å². The third-order valence-corrected chi connectivity index (χ3v) is 4.54. The predicted molar refractivity (Wildman–Crippen MR) is 64.2 cm³/mol. The molecule has 0 amide bonds. The van der Waals surface area contributed by atoms with Gasteiger partial charge in [0.1, 0.15) is 0 Å². The monoisotopic (exact) mass is 238 g/mol. The van der Waals surface area contributed by atoms with Gasteiger partial charge < -0.3 is 4.74 Å². The maximum absolute atomic E-state index is 11.4. The number of hydrogen-bond acceptors (Lipinski definition) is 3. The third kappa shape index (κ3) is 2.70. The summed E-state index contributed by atoms with van der Waals surface area (Å²) in [7, 11) is 0. The van der Waals surface area contributed by atoms with Gasteiger partial charge in [-0.15, -0.1) is 0 Å². The van der Waals surface area contributed by atoms with E-state index in [4.69, 9.17) is 0 Å². The van der Waals surface area contributed by atoms with Crippen molar-refractivity contribution in [2.75, 3.05) is 0 Å². The highest BCUT2D eigenvalue weighted by atomic mass is 16.6. The smallest absolute Gasteiger partial charge is 0.314 e. The maximum Gasteiger partial charge on any atom is 0.314 e. The number of esters is 2. The molecule has 2 fully saturated rings. The largest absolute Gasteiger partial charge is 0.393 e. The summed E-state index contributed by atoms with van der Waals surface area (Å²) in [5.41, 5.74) is 0.259. The molecule has 0 bridgehead atoms. The van der Waals surface area contributed by atoms with Gasteiger partial charge in [-0.1, -0.05) is 20.8 Å². The summed E-state index contributed by atoms with van der Waals surface area (Å²) in [4.78, 5) is 22.8. The Balaban J connectivity index is 2.02. The molecule has 0 N–H and O–H groups in total. The van der Waals surface area contributed by atoms with E-state index in [0.717, 1.165) is 25.7 Å². The van der Waals surface area contributed by atoms with Crippen molar-refractivity contribution in [3.05, 3.63) is 0 Å². The molecule has 0 radical (unpaired) electrons. The van der Waals surface area contributed by atoms with Crippen molar-refractivity contribution in [3.63, 3.8) is 0 Å². The van der Waals surface area contributed by atoms with Crippen molar-refractivity contribution in [1.29, 1.82) is 0 Å². The molecule has 1 saturated carbocycles. The van der Waals surface area contributed by atoms with E-state index in [9.17, 15) is 9.59 Å². The second-order valence-electron chi connectivity index (χ2n) is 6.84. The zero-order valence-electron chi connectivity index (χ0n) is 11.0. The number of cyclic esters (lactones) is 2. The highest BCUT2D eigenvalue weighted by molar-refractivity contribution is 5.89. The summed E-state index contributed by atoms with van der Waals surface area (Å²) >= 11 is 0. The molecule has 0 unspecified atom stereocenters. The van der Waals surface area contributed by atoms with Crippen LogP contribution in [0.25, 0.3) is 0 Å². The Morgan fingerprint density at radius 3 is 1.94 bits per heavy atom. The SMILES string of the molecule is CC(C)(C)C1CCC2(CC1)CC(=O)OC(=O)C2. The standard InChI is InChI=1S/C14H22O3/c1-13(2,3)10-4-6-14(7-5-10)8-11(15)17-12(16)9-14/h10H,4-9H2,1-3H3. The quantitative estimate of drug-likeness (QED) is 0.481. The number of carbonyl (C=O) groups is 2. The molecule has 1 heterocycles.